The number of carbonyl (C=O) groups is 1. The van der Waals surface area contributed by atoms with Gasteiger partial charge in [0.15, 0.2) is 5.78 Å². The van der Waals surface area contributed by atoms with Crippen molar-refractivity contribution in [3.05, 3.63) is 70.4 Å². The van der Waals surface area contributed by atoms with Gasteiger partial charge < -0.3 is 14.5 Å². The molecule has 2 N–H and O–H groups in total. The van der Waals surface area contributed by atoms with Gasteiger partial charge in [0.2, 0.25) is 0 Å². The predicted octanol–water partition coefficient (Wildman–Crippen LogP) is 2.72. The van der Waals surface area contributed by atoms with E-state index in [9.17, 15) is 14.7 Å². The number of allylic oxidation sites excluding steroid dienone is 1. The third-order valence-electron chi connectivity index (χ3n) is 3.08. The Labute approximate surface area is 119 Å². The number of furan rings is 1. The van der Waals surface area contributed by atoms with Gasteiger partial charge in [-0.15, -0.1) is 0 Å². The number of H-pyrrole nitrogens is 1. The van der Waals surface area contributed by atoms with Crippen molar-refractivity contribution in [1.29, 1.82) is 0 Å². The van der Waals surface area contributed by atoms with E-state index in [2.05, 4.69) is 4.98 Å². The van der Waals surface area contributed by atoms with Crippen LogP contribution in [0.1, 0.15) is 16.1 Å². The second-order valence-corrected chi connectivity index (χ2v) is 4.44. The van der Waals surface area contributed by atoms with Gasteiger partial charge in [-0.3, -0.25) is 9.59 Å². The van der Waals surface area contributed by atoms with Gasteiger partial charge in [-0.2, -0.15) is 0 Å². The zero-order valence-corrected chi connectivity index (χ0v) is 10.9. The Balaban J connectivity index is 2.08. The molecule has 0 aliphatic rings. The van der Waals surface area contributed by atoms with Crippen LogP contribution in [0.25, 0.3) is 17.0 Å². The summed E-state index contributed by atoms with van der Waals surface area (Å²) in [6.07, 6.45) is 4.11. The van der Waals surface area contributed by atoms with Gasteiger partial charge in [0.25, 0.3) is 5.56 Å². The van der Waals surface area contributed by atoms with Crippen molar-refractivity contribution in [3.63, 3.8) is 0 Å². The van der Waals surface area contributed by atoms with Crippen molar-refractivity contribution in [3.8, 4) is 5.75 Å². The fraction of sp³-hybridized carbons (Fsp3) is 0. The predicted molar refractivity (Wildman–Crippen MR) is 78.3 cm³/mol. The fourth-order valence-electron chi connectivity index (χ4n) is 2.08. The highest BCUT2D eigenvalue weighted by atomic mass is 16.3. The molecular formula is C16H11NO4. The maximum absolute atomic E-state index is 12.1. The van der Waals surface area contributed by atoms with Crippen LogP contribution in [0.3, 0.4) is 0 Å². The number of rotatable bonds is 3. The van der Waals surface area contributed by atoms with E-state index in [1.54, 1.807) is 36.4 Å². The third-order valence-corrected chi connectivity index (χ3v) is 3.08. The van der Waals surface area contributed by atoms with Crippen LogP contribution in [0.2, 0.25) is 0 Å². The molecule has 0 amide bonds. The van der Waals surface area contributed by atoms with Crippen LogP contribution in [0.15, 0.2) is 57.9 Å². The summed E-state index contributed by atoms with van der Waals surface area (Å²) in [5, 5.41) is 10.6. The molecule has 3 rings (SSSR count). The van der Waals surface area contributed by atoms with E-state index in [-0.39, 0.29) is 11.3 Å². The van der Waals surface area contributed by atoms with Crippen molar-refractivity contribution in [1.82, 2.24) is 4.98 Å². The zero-order valence-electron chi connectivity index (χ0n) is 10.9. The van der Waals surface area contributed by atoms with Crippen LogP contribution >= 0.6 is 0 Å². The van der Waals surface area contributed by atoms with Gasteiger partial charge in [-0.25, -0.2) is 0 Å². The Morgan fingerprint density at radius 2 is 2.00 bits per heavy atom. The molecule has 1 aromatic carbocycles. The number of pyridine rings is 1. The van der Waals surface area contributed by atoms with Gasteiger partial charge in [-0.1, -0.05) is 12.1 Å². The number of aromatic amines is 1. The molecule has 0 radical (unpaired) electrons. The van der Waals surface area contributed by atoms with E-state index in [1.807, 2.05) is 0 Å². The number of fused-ring (bicyclic) bond motifs is 1. The van der Waals surface area contributed by atoms with Crippen LogP contribution in [-0.4, -0.2) is 15.9 Å². The highest BCUT2D eigenvalue weighted by Gasteiger charge is 2.16. The lowest BCUT2D eigenvalue weighted by atomic mass is 10.1. The van der Waals surface area contributed by atoms with E-state index in [1.165, 1.54) is 18.4 Å². The summed E-state index contributed by atoms with van der Waals surface area (Å²) < 4.78 is 5.06. The van der Waals surface area contributed by atoms with Gasteiger partial charge >= 0.3 is 0 Å². The standard InChI is InChI=1S/C16H11NO4/c18-13(8-7-10-4-3-9-21-10)14-15(19)11-5-1-2-6-12(11)17-16(14)20/h1-9H,(H2,17,19,20)/b8-7+. The minimum absolute atomic E-state index is 0.281. The average molecular weight is 281 g/mol. The number of aromatic nitrogens is 1. The van der Waals surface area contributed by atoms with Crippen molar-refractivity contribution in [2.75, 3.05) is 0 Å². The van der Waals surface area contributed by atoms with E-state index >= 15 is 0 Å². The van der Waals surface area contributed by atoms with Gasteiger partial charge in [0, 0.05) is 5.39 Å². The number of ketones is 1. The molecule has 5 heteroatoms. The van der Waals surface area contributed by atoms with Crippen LogP contribution in [0.4, 0.5) is 0 Å². The smallest absolute Gasteiger partial charge is 0.263 e. The Bertz CT molecular complexity index is 888. The molecule has 2 aromatic heterocycles. The van der Waals surface area contributed by atoms with Crippen molar-refractivity contribution < 1.29 is 14.3 Å². The maximum atomic E-state index is 12.1. The van der Waals surface area contributed by atoms with Crippen molar-refractivity contribution in [2.45, 2.75) is 0 Å². The summed E-state index contributed by atoms with van der Waals surface area (Å²) in [7, 11) is 0. The summed E-state index contributed by atoms with van der Waals surface area (Å²) in [6.45, 7) is 0. The molecule has 0 fully saturated rings. The summed E-state index contributed by atoms with van der Waals surface area (Å²) in [6, 6.07) is 10.1. The minimum atomic E-state index is -0.625. The van der Waals surface area contributed by atoms with Crippen LogP contribution in [0.5, 0.6) is 5.75 Å². The molecule has 5 nitrogen and oxygen atoms in total. The largest absolute Gasteiger partial charge is 0.506 e. The molecule has 104 valence electrons. The second kappa shape index (κ2) is 5.13. The molecule has 2 heterocycles. The Morgan fingerprint density at radius 1 is 1.19 bits per heavy atom. The first-order valence-electron chi connectivity index (χ1n) is 6.27. The van der Waals surface area contributed by atoms with E-state index in [0.29, 0.717) is 16.7 Å². The van der Waals surface area contributed by atoms with Crippen LogP contribution in [-0.2, 0) is 0 Å². The SMILES string of the molecule is O=C(/C=C/c1ccco1)c1c(O)c2ccccc2[nH]c1=O. The summed E-state index contributed by atoms with van der Waals surface area (Å²) in [4.78, 5) is 26.7. The van der Waals surface area contributed by atoms with E-state index < -0.39 is 11.3 Å². The fourth-order valence-corrected chi connectivity index (χ4v) is 2.08. The topological polar surface area (TPSA) is 83.3 Å². The monoisotopic (exact) mass is 281 g/mol. The zero-order chi connectivity index (χ0) is 14.8. The molecule has 3 aromatic rings. The Morgan fingerprint density at radius 3 is 2.76 bits per heavy atom. The maximum Gasteiger partial charge on any atom is 0.263 e. The molecule has 0 atom stereocenters. The Hall–Kier alpha value is -3.08. The quantitative estimate of drug-likeness (QED) is 0.571. The lowest BCUT2D eigenvalue weighted by Crippen LogP contribution is -2.16. The van der Waals surface area contributed by atoms with Crippen molar-refractivity contribution >= 4 is 22.8 Å². The summed E-state index contributed by atoms with van der Waals surface area (Å²) >= 11 is 0. The van der Waals surface area contributed by atoms with Gasteiger partial charge in [-0.05, 0) is 36.4 Å². The second-order valence-electron chi connectivity index (χ2n) is 4.44. The molecule has 0 aliphatic carbocycles. The lowest BCUT2D eigenvalue weighted by molar-refractivity contribution is 0.104. The number of benzene rings is 1. The Kier molecular flexibility index (Phi) is 3.16. The highest BCUT2D eigenvalue weighted by Crippen LogP contribution is 2.24. The molecular weight excluding hydrogens is 270 g/mol. The molecule has 0 aliphatic heterocycles. The average Bonchev–Trinajstić information content (AvgIpc) is 2.98. The first kappa shape index (κ1) is 12.9. The molecule has 0 saturated heterocycles. The lowest BCUT2D eigenvalue weighted by Gasteiger charge is -2.04. The summed E-state index contributed by atoms with van der Waals surface area (Å²) in [5.74, 6) is -0.417. The summed E-state index contributed by atoms with van der Waals surface area (Å²) in [5.41, 5.74) is -0.427. The number of hydrogen-bond donors (Lipinski definition) is 2. The van der Waals surface area contributed by atoms with Crippen LogP contribution in [0, 0.1) is 0 Å². The first-order valence-corrected chi connectivity index (χ1v) is 6.27. The minimum Gasteiger partial charge on any atom is -0.506 e. The molecule has 21 heavy (non-hydrogen) atoms. The number of carbonyl (C=O) groups excluding carboxylic acids is 1. The molecule has 0 saturated carbocycles. The number of nitrogens with one attached hydrogen (secondary N) is 1. The molecule has 0 bridgehead atoms. The van der Waals surface area contributed by atoms with Gasteiger partial charge in [0.1, 0.15) is 17.1 Å². The molecule has 0 spiro atoms. The van der Waals surface area contributed by atoms with E-state index in [4.69, 9.17) is 4.42 Å². The normalized spacial score (nSPS) is 11.2. The van der Waals surface area contributed by atoms with E-state index in [0.717, 1.165) is 0 Å². The number of para-hydroxylation sites is 1. The molecule has 0 unspecified atom stereocenters. The number of hydrogen-bond acceptors (Lipinski definition) is 4. The van der Waals surface area contributed by atoms with Crippen LogP contribution < -0.4 is 5.56 Å². The third kappa shape index (κ3) is 2.36. The number of aromatic hydroxyl groups is 1. The van der Waals surface area contributed by atoms with Gasteiger partial charge in [0.05, 0.1) is 11.8 Å². The highest BCUT2D eigenvalue weighted by molar-refractivity contribution is 6.10. The first-order chi connectivity index (χ1) is 10.2. The van der Waals surface area contributed by atoms with Crippen molar-refractivity contribution in [2.24, 2.45) is 0 Å².